The highest BCUT2D eigenvalue weighted by molar-refractivity contribution is 5.89. The largest absolute Gasteiger partial charge is 0.350 e. The molecule has 5 heteroatoms. The average molecular weight is 364 g/mol. The predicted octanol–water partition coefficient (Wildman–Crippen LogP) is 3.01. The lowest BCUT2D eigenvalue weighted by Gasteiger charge is -2.27. The number of hydrogen-bond donors (Lipinski definition) is 1. The van der Waals surface area contributed by atoms with Crippen molar-refractivity contribution in [2.45, 2.75) is 19.9 Å². The molecule has 0 unspecified atom stereocenters. The summed E-state index contributed by atoms with van der Waals surface area (Å²) >= 11 is 0. The van der Waals surface area contributed by atoms with Gasteiger partial charge in [-0.25, -0.2) is 9.97 Å². The number of fused-ring (bicyclic) bond motifs is 1. The van der Waals surface area contributed by atoms with Crippen molar-refractivity contribution in [1.82, 2.24) is 14.9 Å². The van der Waals surface area contributed by atoms with Gasteiger partial charge >= 0.3 is 0 Å². The van der Waals surface area contributed by atoms with Gasteiger partial charge in [-0.05, 0) is 45.3 Å². The van der Waals surface area contributed by atoms with Gasteiger partial charge in [-0.3, -0.25) is 0 Å². The maximum absolute atomic E-state index is 5.77. The Kier molecular flexibility index (Phi) is 6.37. The lowest BCUT2D eigenvalue weighted by Crippen LogP contribution is -2.32. The molecule has 0 radical (unpaired) electrons. The van der Waals surface area contributed by atoms with Crippen LogP contribution in [0.1, 0.15) is 17.0 Å². The highest BCUT2D eigenvalue weighted by Gasteiger charge is 2.15. The minimum Gasteiger partial charge on any atom is -0.350 e. The molecule has 1 aromatic heterocycles. The van der Waals surface area contributed by atoms with E-state index in [9.17, 15) is 0 Å². The van der Waals surface area contributed by atoms with Crippen molar-refractivity contribution >= 4 is 16.7 Å². The third-order valence-electron chi connectivity index (χ3n) is 4.61. The van der Waals surface area contributed by atoms with Crippen LogP contribution in [0.5, 0.6) is 0 Å². The number of nitrogens with zero attached hydrogens (tertiary/aromatic N) is 4. The highest BCUT2D eigenvalue weighted by Crippen LogP contribution is 2.25. The maximum atomic E-state index is 5.77. The zero-order chi connectivity index (χ0) is 19.2. The highest BCUT2D eigenvalue weighted by atomic mass is 15.2. The van der Waals surface area contributed by atoms with Crippen LogP contribution in [0.2, 0.25) is 0 Å². The molecule has 0 saturated carbocycles. The molecule has 0 amide bonds. The van der Waals surface area contributed by atoms with Crippen molar-refractivity contribution in [2.24, 2.45) is 5.73 Å². The molecule has 2 N–H and O–H groups in total. The Morgan fingerprint density at radius 1 is 0.926 bits per heavy atom. The molecular weight excluding hydrogens is 334 g/mol. The molecule has 5 nitrogen and oxygen atoms in total. The van der Waals surface area contributed by atoms with E-state index in [0.717, 1.165) is 42.2 Å². The summed E-state index contributed by atoms with van der Waals surface area (Å²) in [6.45, 7) is 5.33. The summed E-state index contributed by atoms with van der Waals surface area (Å²) in [5.74, 6) is 1.80. The predicted molar refractivity (Wildman–Crippen MR) is 113 cm³/mol. The topological polar surface area (TPSA) is 58.3 Å². The second-order valence-electron chi connectivity index (χ2n) is 7.23. The molecule has 0 atom stereocenters. The Morgan fingerprint density at radius 2 is 1.67 bits per heavy atom. The van der Waals surface area contributed by atoms with E-state index < -0.39 is 0 Å². The fourth-order valence-electron chi connectivity index (χ4n) is 3.08. The van der Waals surface area contributed by atoms with Gasteiger partial charge in [-0.15, -0.1) is 0 Å². The van der Waals surface area contributed by atoms with Crippen LogP contribution < -0.4 is 10.6 Å². The summed E-state index contributed by atoms with van der Waals surface area (Å²) in [6, 6.07) is 17.0. The standard InChI is InChI=1S/C22H29N5/c1-17-8-10-18(11-9-17)16-27(15-14-26(2)3)22-19-6-4-5-7-20(19)24-21(25-22)12-13-23/h4-11H,12-16,23H2,1-3H3. The first-order valence-corrected chi connectivity index (χ1v) is 9.48. The first kappa shape index (κ1) is 19.3. The van der Waals surface area contributed by atoms with Gasteiger partial charge in [-0.1, -0.05) is 42.0 Å². The summed E-state index contributed by atoms with van der Waals surface area (Å²) in [5, 5.41) is 1.09. The van der Waals surface area contributed by atoms with Crippen LogP contribution in [0.15, 0.2) is 48.5 Å². The normalized spacial score (nSPS) is 11.3. The van der Waals surface area contributed by atoms with Crippen LogP contribution in [-0.4, -0.2) is 48.6 Å². The summed E-state index contributed by atoms with van der Waals surface area (Å²) in [4.78, 5) is 14.1. The van der Waals surface area contributed by atoms with E-state index >= 15 is 0 Å². The number of aryl methyl sites for hydroxylation is 1. The quantitative estimate of drug-likeness (QED) is 0.667. The molecule has 0 aliphatic carbocycles. The zero-order valence-corrected chi connectivity index (χ0v) is 16.5. The SMILES string of the molecule is Cc1ccc(CN(CCN(C)C)c2nc(CCN)nc3ccccc23)cc1. The first-order valence-electron chi connectivity index (χ1n) is 9.48. The van der Waals surface area contributed by atoms with Crippen LogP contribution >= 0.6 is 0 Å². The van der Waals surface area contributed by atoms with Crippen molar-refractivity contribution in [3.8, 4) is 0 Å². The minimum atomic E-state index is 0.549. The Bertz CT molecular complexity index is 874. The van der Waals surface area contributed by atoms with E-state index in [0.29, 0.717) is 13.0 Å². The smallest absolute Gasteiger partial charge is 0.140 e. The molecule has 1 heterocycles. The molecule has 0 saturated heterocycles. The lowest BCUT2D eigenvalue weighted by molar-refractivity contribution is 0.412. The van der Waals surface area contributed by atoms with Gasteiger partial charge < -0.3 is 15.5 Å². The summed E-state index contributed by atoms with van der Waals surface area (Å²) in [6.07, 6.45) is 0.684. The fraction of sp³-hybridized carbons (Fsp3) is 0.364. The maximum Gasteiger partial charge on any atom is 0.140 e. The Balaban J connectivity index is 2.02. The summed E-state index contributed by atoms with van der Waals surface area (Å²) in [5.41, 5.74) is 9.30. The lowest BCUT2D eigenvalue weighted by atomic mass is 10.1. The minimum absolute atomic E-state index is 0.549. The monoisotopic (exact) mass is 363 g/mol. The van der Waals surface area contributed by atoms with Crippen LogP contribution in [0, 0.1) is 6.92 Å². The van der Waals surface area contributed by atoms with E-state index in [1.54, 1.807) is 0 Å². The molecule has 0 aliphatic heterocycles. The van der Waals surface area contributed by atoms with Gasteiger partial charge in [0.1, 0.15) is 11.6 Å². The van der Waals surface area contributed by atoms with Gasteiger partial charge in [0.25, 0.3) is 0 Å². The molecule has 3 aromatic rings. The Morgan fingerprint density at radius 3 is 2.37 bits per heavy atom. The Hall–Kier alpha value is -2.50. The average Bonchev–Trinajstić information content (AvgIpc) is 2.66. The van der Waals surface area contributed by atoms with Crippen LogP contribution in [0.25, 0.3) is 10.9 Å². The fourth-order valence-corrected chi connectivity index (χ4v) is 3.08. The molecule has 27 heavy (non-hydrogen) atoms. The molecule has 142 valence electrons. The molecule has 0 fully saturated rings. The number of hydrogen-bond acceptors (Lipinski definition) is 5. The second-order valence-corrected chi connectivity index (χ2v) is 7.23. The van der Waals surface area contributed by atoms with E-state index in [2.05, 4.69) is 67.2 Å². The van der Waals surface area contributed by atoms with E-state index in [1.165, 1.54) is 11.1 Å². The molecular formula is C22H29N5. The van der Waals surface area contributed by atoms with Crippen molar-refractivity contribution in [3.63, 3.8) is 0 Å². The third kappa shape index (κ3) is 5.02. The van der Waals surface area contributed by atoms with Gasteiger partial charge in [0, 0.05) is 31.4 Å². The number of rotatable bonds is 8. The molecule has 3 rings (SSSR count). The second kappa shape index (κ2) is 8.93. The number of benzene rings is 2. The van der Waals surface area contributed by atoms with Gasteiger partial charge in [0.05, 0.1) is 5.52 Å². The molecule has 0 spiro atoms. The van der Waals surface area contributed by atoms with Crippen LogP contribution in [0.4, 0.5) is 5.82 Å². The number of aromatic nitrogens is 2. The van der Waals surface area contributed by atoms with E-state index in [4.69, 9.17) is 15.7 Å². The van der Waals surface area contributed by atoms with E-state index in [1.807, 2.05) is 12.1 Å². The van der Waals surface area contributed by atoms with Gasteiger partial charge in [-0.2, -0.15) is 0 Å². The van der Waals surface area contributed by atoms with Gasteiger partial charge in [0.2, 0.25) is 0 Å². The van der Waals surface area contributed by atoms with Crippen molar-refractivity contribution in [3.05, 3.63) is 65.5 Å². The number of anilines is 1. The molecule has 0 bridgehead atoms. The number of para-hydroxylation sites is 1. The summed E-state index contributed by atoms with van der Waals surface area (Å²) < 4.78 is 0. The first-order chi connectivity index (χ1) is 13.1. The summed E-state index contributed by atoms with van der Waals surface area (Å²) in [7, 11) is 4.20. The molecule has 0 aliphatic rings. The van der Waals surface area contributed by atoms with Crippen LogP contribution in [-0.2, 0) is 13.0 Å². The van der Waals surface area contributed by atoms with Crippen LogP contribution in [0.3, 0.4) is 0 Å². The number of nitrogens with two attached hydrogens (primary N) is 1. The Labute approximate surface area is 161 Å². The molecule has 2 aromatic carbocycles. The van der Waals surface area contributed by atoms with Crippen molar-refractivity contribution in [2.75, 3.05) is 38.6 Å². The van der Waals surface area contributed by atoms with Crippen molar-refractivity contribution in [1.29, 1.82) is 0 Å². The van der Waals surface area contributed by atoms with E-state index in [-0.39, 0.29) is 0 Å². The zero-order valence-electron chi connectivity index (χ0n) is 16.5. The van der Waals surface area contributed by atoms with Gasteiger partial charge in [0.15, 0.2) is 0 Å². The van der Waals surface area contributed by atoms with Crippen molar-refractivity contribution < 1.29 is 0 Å². The number of likely N-dealkylation sites (N-methyl/N-ethyl adjacent to an activating group) is 1. The third-order valence-corrected chi connectivity index (χ3v) is 4.61.